The molecule has 0 heterocycles. The van der Waals surface area contributed by atoms with E-state index in [1.54, 1.807) is 7.11 Å². The number of benzene rings is 1. The minimum Gasteiger partial charge on any atom is -0.497 e. The molecule has 1 atom stereocenters. The molecule has 6 nitrogen and oxygen atoms in total. The highest BCUT2D eigenvalue weighted by molar-refractivity contribution is 5.82. The largest absolute Gasteiger partial charge is 0.497 e. The maximum absolute atomic E-state index is 12.6. The SMILES string of the molecule is CCCCCN[C@@H](CC(=O)OC1CCCC1)C(=O)OCc1ccc(OC)cc1. The number of nitrogens with one attached hydrogen (secondary N) is 1. The molecule has 0 aromatic heterocycles. The first kappa shape index (κ1) is 22.2. The van der Waals surface area contributed by atoms with Crippen LogP contribution in [0, 0.1) is 0 Å². The van der Waals surface area contributed by atoms with E-state index in [1.165, 1.54) is 0 Å². The molecule has 2 rings (SSSR count). The molecular weight excluding hydrogens is 358 g/mol. The molecule has 6 heteroatoms. The topological polar surface area (TPSA) is 73.9 Å². The van der Waals surface area contributed by atoms with Crippen LogP contribution in [-0.4, -0.2) is 37.7 Å². The van der Waals surface area contributed by atoms with Crippen LogP contribution >= 0.6 is 0 Å². The fraction of sp³-hybridized carbons (Fsp3) is 0.636. The lowest BCUT2D eigenvalue weighted by Gasteiger charge is -2.19. The molecule has 0 saturated heterocycles. The summed E-state index contributed by atoms with van der Waals surface area (Å²) in [6.07, 6.45) is 7.17. The van der Waals surface area contributed by atoms with E-state index in [1.807, 2.05) is 24.3 Å². The predicted molar refractivity (Wildman–Crippen MR) is 107 cm³/mol. The smallest absolute Gasteiger partial charge is 0.324 e. The van der Waals surface area contributed by atoms with Crippen molar-refractivity contribution in [3.63, 3.8) is 0 Å². The van der Waals surface area contributed by atoms with Crippen LogP contribution in [-0.2, 0) is 25.7 Å². The summed E-state index contributed by atoms with van der Waals surface area (Å²) in [6, 6.07) is 6.67. The van der Waals surface area contributed by atoms with Crippen molar-refractivity contribution in [2.45, 2.75) is 77.0 Å². The summed E-state index contributed by atoms with van der Waals surface area (Å²) >= 11 is 0. The molecule has 1 aromatic carbocycles. The van der Waals surface area contributed by atoms with E-state index < -0.39 is 12.0 Å². The number of carbonyl (C=O) groups excluding carboxylic acids is 2. The number of unbranched alkanes of at least 4 members (excludes halogenated alkanes) is 2. The van der Waals surface area contributed by atoms with E-state index >= 15 is 0 Å². The molecule has 0 aliphatic heterocycles. The zero-order chi connectivity index (χ0) is 20.2. The van der Waals surface area contributed by atoms with Crippen LogP contribution < -0.4 is 10.1 Å². The molecule has 1 aromatic rings. The van der Waals surface area contributed by atoms with Gasteiger partial charge < -0.3 is 19.5 Å². The van der Waals surface area contributed by atoms with Gasteiger partial charge in [-0.2, -0.15) is 0 Å². The minimum absolute atomic E-state index is 0.00330. The summed E-state index contributed by atoms with van der Waals surface area (Å²) in [5, 5.41) is 3.17. The second-order valence-corrected chi connectivity index (χ2v) is 7.27. The zero-order valence-corrected chi connectivity index (χ0v) is 17.1. The van der Waals surface area contributed by atoms with E-state index in [0.717, 1.165) is 56.3 Å². The van der Waals surface area contributed by atoms with Crippen LogP contribution in [0.2, 0.25) is 0 Å². The molecule has 0 amide bonds. The van der Waals surface area contributed by atoms with Gasteiger partial charge in [0.05, 0.1) is 13.5 Å². The lowest BCUT2D eigenvalue weighted by atomic mass is 10.2. The maximum Gasteiger partial charge on any atom is 0.324 e. The number of hydrogen-bond acceptors (Lipinski definition) is 6. The summed E-state index contributed by atoms with van der Waals surface area (Å²) < 4.78 is 16.1. The molecule has 0 unspecified atom stereocenters. The standard InChI is InChI=1S/C22H33NO5/c1-3-4-7-14-23-20(15-21(24)28-19-8-5-6-9-19)22(25)27-16-17-10-12-18(26-2)13-11-17/h10-13,19-20,23H,3-9,14-16H2,1-2H3/t20-/m0/s1. The highest BCUT2D eigenvalue weighted by Crippen LogP contribution is 2.21. The van der Waals surface area contributed by atoms with Gasteiger partial charge in [-0.05, 0) is 56.3 Å². The lowest BCUT2D eigenvalue weighted by Crippen LogP contribution is -2.41. The Kier molecular flexibility index (Phi) is 9.83. The highest BCUT2D eigenvalue weighted by atomic mass is 16.5. The monoisotopic (exact) mass is 391 g/mol. The van der Waals surface area contributed by atoms with Crippen molar-refractivity contribution in [3.8, 4) is 5.75 Å². The maximum atomic E-state index is 12.6. The van der Waals surface area contributed by atoms with Crippen LogP contribution in [0.5, 0.6) is 5.75 Å². The highest BCUT2D eigenvalue weighted by Gasteiger charge is 2.26. The minimum atomic E-state index is -0.677. The molecule has 0 radical (unpaired) electrons. The number of hydrogen-bond donors (Lipinski definition) is 1. The summed E-state index contributed by atoms with van der Waals surface area (Å²) in [7, 11) is 1.61. The first-order chi connectivity index (χ1) is 13.6. The molecule has 156 valence electrons. The van der Waals surface area contributed by atoms with Crippen molar-refractivity contribution in [2.75, 3.05) is 13.7 Å². The van der Waals surface area contributed by atoms with Gasteiger partial charge in [-0.25, -0.2) is 0 Å². The first-order valence-electron chi connectivity index (χ1n) is 10.3. The van der Waals surface area contributed by atoms with E-state index in [-0.39, 0.29) is 25.1 Å². The van der Waals surface area contributed by atoms with Gasteiger partial charge in [-0.15, -0.1) is 0 Å². The number of esters is 2. The molecule has 28 heavy (non-hydrogen) atoms. The van der Waals surface area contributed by atoms with Crippen LogP contribution in [0.4, 0.5) is 0 Å². The number of methoxy groups -OCH3 is 1. The van der Waals surface area contributed by atoms with Gasteiger partial charge in [0.1, 0.15) is 24.5 Å². The van der Waals surface area contributed by atoms with Crippen molar-refractivity contribution in [1.29, 1.82) is 0 Å². The Labute approximate surface area is 167 Å². The molecule has 1 aliphatic carbocycles. The Morgan fingerprint density at radius 2 is 1.86 bits per heavy atom. The molecule has 1 saturated carbocycles. The van der Waals surface area contributed by atoms with E-state index in [4.69, 9.17) is 14.2 Å². The predicted octanol–water partition coefficient (Wildman–Crippen LogP) is 3.76. The van der Waals surface area contributed by atoms with Gasteiger partial charge in [0.2, 0.25) is 0 Å². The lowest BCUT2D eigenvalue weighted by molar-refractivity contribution is -0.156. The zero-order valence-electron chi connectivity index (χ0n) is 17.1. The number of ether oxygens (including phenoxy) is 3. The third-order valence-electron chi connectivity index (χ3n) is 4.97. The Balaban J connectivity index is 1.85. The quantitative estimate of drug-likeness (QED) is 0.432. The fourth-order valence-electron chi connectivity index (χ4n) is 3.27. The summed E-state index contributed by atoms with van der Waals surface area (Å²) in [6.45, 7) is 2.96. The van der Waals surface area contributed by atoms with Gasteiger partial charge in [0.25, 0.3) is 0 Å². The third kappa shape index (κ3) is 7.89. The normalized spacial score (nSPS) is 15.2. The van der Waals surface area contributed by atoms with E-state index in [9.17, 15) is 9.59 Å². The van der Waals surface area contributed by atoms with Crippen molar-refractivity contribution in [2.24, 2.45) is 0 Å². The van der Waals surface area contributed by atoms with Crippen molar-refractivity contribution < 1.29 is 23.8 Å². The molecule has 0 spiro atoms. The van der Waals surface area contributed by atoms with Gasteiger partial charge in [0.15, 0.2) is 0 Å². The average molecular weight is 392 g/mol. The second kappa shape index (κ2) is 12.4. The Morgan fingerprint density at radius 3 is 2.50 bits per heavy atom. The van der Waals surface area contributed by atoms with Crippen molar-refractivity contribution in [1.82, 2.24) is 5.32 Å². The van der Waals surface area contributed by atoms with Gasteiger partial charge >= 0.3 is 11.9 Å². The molecule has 1 N–H and O–H groups in total. The first-order valence-corrected chi connectivity index (χ1v) is 10.3. The Bertz CT molecular complexity index is 595. The fourth-order valence-corrected chi connectivity index (χ4v) is 3.27. The molecule has 1 fully saturated rings. The summed E-state index contributed by atoms with van der Waals surface area (Å²) in [5.74, 6) is -0.00261. The third-order valence-corrected chi connectivity index (χ3v) is 4.97. The molecule has 1 aliphatic rings. The Morgan fingerprint density at radius 1 is 1.14 bits per heavy atom. The summed E-state index contributed by atoms with van der Waals surface area (Å²) in [5.41, 5.74) is 0.868. The Hall–Kier alpha value is -2.08. The van der Waals surface area contributed by atoms with Gasteiger partial charge in [0, 0.05) is 0 Å². The number of carbonyl (C=O) groups is 2. The molecular formula is C22H33NO5. The average Bonchev–Trinajstić information content (AvgIpc) is 3.21. The van der Waals surface area contributed by atoms with E-state index in [2.05, 4.69) is 12.2 Å². The second-order valence-electron chi connectivity index (χ2n) is 7.27. The number of rotatable bonds is 12. The molecule has 0 bridgehead atoms. The van der Waals surface area contributed by atoms with Crippen molar-refractivity contribution >= 4 is 11.9 Å². The van der Waals surface area contributed by atoms with Gasteiger partial charge in [-0.3, -0.25) is 9.59 Å². The van der Waals surface area contributed by atoms with Crippen LogP contribution in [0.15, 0.2) is 24.3 Å². The van der Waals surface area contributed by atoms with Gasteiger partial charge in [-0.1, -0.05) is 31.9 Å². The van der Waals surface area contributed by atoms with Crippen molar-refractivity contribution in [3.05, 3.63) is 29.8 Å². The van der Waals surface area contributed by atoms with Crippen LogP contribution in [0.25, 0.3) is 0 Å². The van der Waals surface area contributed by atoms with Crippen LogP contribution in [0.3, 0.4) is 0 Å². The summed E-state index contributed by atoms with van der Waals surface area (Å²) in [4.78, 5) is 24.8. The van der Waals surface area contributed by atoms with E-state index in [0.29, 0.717) is 6.54 Å². The van der Waals surface area contributed by atoms with Crippen LogP contribution in [0.1, 0.15) is 63.9 Å².